The molecular formula is C16H18ClN3O2. The van der Waals surface area contributed by atoms with Gasteiger partial charge in [-0.3, -0.25) is 4.79 Å². The molecule has 5 nitrogen and oxygen atoms in total. The molecule has 0 radical (unpaired) electrons. The number of aryl methyl sites for hydroxylation is 1. The van der Waals surface area contributed by atoms with Crippen molar-refractivity contribution in [1.29, 1.82) is 0 Å². The number of aromatic nitrogens is 1. The Kier molecular flexibility index (Phi) is 5.75. The number of anilines is 2. The van der Waals surface area contributed by atoms with Gasteiger partial charge < -0.3 is 15.4 Å². The van der Waals surface area contributed by atoms with Crippen molar-refractivity contribution >= 4 is 28.9 Å². The highest BCUT2D eigenvalue weighted by atomic mass is 35.5. The summed E-state index contributed by atoms with van der Waals surface area (Å²) in [7, 11) is 1.64. The highest BCUT2D eigenvalue weighted by Crippen LogP contribution is 2.20. The van der Waals surface area contributed by atoms with Crippen molar-refractivity contribution in [2.45, 2.75) is 6.92 Å². The number of amides is 1. The molecule has 2 rings (SSSR count). The Hall–Kier alpha value is -2.11. The standard InChI is InChI=1S/C16H18ClN3O2/c1-11-3-4-12(9-14(11)17)20-16(21)15-6-5-13(10-19-15)18-7-8-22-2/h3-6,9-10,18H,7-8H2,1-2H3,(H,20,21). The largest absolute Gasteiger partial charge is 0.383 e. The van der Waals surface area contributed by atoms with Crippen LogP contribution < -0.4 is 10.6 Å². The molecular weight excluding hydrogens is 302 g/mol. The van der Waals surface area contributed by atoms with E-state index in [1.807, 2.05) is 13.0 Å². The number of halogens is 1. The lowest BCUT2D eigenvalue weighted by Gasteiger charge is -2.08. The van der Waals surface area contributed by atoms with Gasteiger partial charge in [0.2, 0.25) is 0 Å². The van der Waals surface area contributed by atoms with Crippen molar-refractivity contribution in [2.75, 3.05) is 30.9 Å². The topological polar surface area (TPSA) is 63.2 Å². The summed E-state index contributed by atoms with van der Waals surface area (Å²) in [6.07, 6.45) is 1.62. The number of nitrogens with one attached hydrogen (secondary N) is 2. The molecule has 1 aromatic heterocycles. The molecule has 0 aliphatic heterocycles. The average Bonchev–Trinajstić information content (AvgIpc) is 2.52. The summed E-state index contributed by atoms with van der Waals surface area (Å²) in [4.78, 5) is 16.3. The second kappa shape index (κ2) is 7.77. The van der Waals surface area contributed by atoms with Crippen molar-refractivity contribution < 1.29 is 9.53 Å². The molecule has 1 aromatic carbocycles. The van der Waals surface area contributed by atoms with Gasteiger partial charge in [-0.05, 0) is 36.8 Å². The van der Waals surface area contributed by atoms with Crippen LogP contribution in [0.2, 0.25) is 5.02 Å². The predicted octanol–water partition coefficient (Wildman–Crippen LogP) is 3.35. The van der Waals surface area contributed by atoms with Crippen LogP contribution in [0.1, 0.15) is 16.1 Å². The normalized spacial score (nSPS) is 10.3. The number of carbonyl (C=O) groups is 1. The van der Waals surface area contributed by atoms with Crippen LogP contribution >= 0.6 is 11.6 Å². The average molecular weight is 320 g/mol. The molecule has 0 saturated carbocycles. The second-order valence-electron chi connectivity index (χ2n) is 4.77. The van der Waals surface area contributed by atoms with Gasteiger partial charge in [-0.25, -0.2) is 4.98 Å². The number of ether oxygens (including phenoxy) is 1. The fraction of sp³-hybridized carbons (Fsp3) is 0.250. The molecule has 0 bridgehead atoms. The van der Waals surface area contributed by atoms with Gasteiger partial charge >= 0.3 is 0 Å². The molecule has 1 heterocycles. The van der Waals surface area contributed by atoms with E-state index in [0.717, 1.165) is 11.3 Å². The smallest absolute Gasteiger partial charge is 0.274 e. The van der Waals surface area contributed by atoms with Crippen LogP contribution in [0.4, 0.5) is 11.4 Å². The second-order valence-corrected chi connectivity index (χ2v) is 5.18. The molecule has 0 aliphatic carbocycles. The fourth-order valence-corrected chi connectivity index (χ4v) is 1.98. The Balaban J connectivity index is 1.98. The number of pyridine rings is 1. The summed E-state index contributed by atoms with van der Waals surface area (Å²) in [5.74, 6) is -0.275. The summed E-state index contributed by atoms with van der Waals surface area (Å²) in [5.41, 5.74) is 2.79. The molecule has 0 atom stereocenters. The Morgan fingerprint density at radius 3 is 2.68 bits per heavy atom. The van der Waals surface area contributed by atoms with Gasteiger partial charge in [-0.15, -0.1) is 0 Å². The van der Waals surface area contributed by atoms with E-state index in [9.17, 15) is 4.79 Å². The third kappa shape index (κ3) is 4.44. The van der Waals surface area contributed by atoms with Crippen LogP contribution in [-0.4, -0.2) is 31.2 Å². The number of hydrogen-bond acceptors (Lipinski definition) is 4. The van der Waals surface area contributed by atoms with E-state index in [0.29, 0.717) is 29.6 Å². The Morgan fingerprint density at radius 2 is 2.05 bits per heavy atom. The lowest BCUT2D eigenvalue weighted by Crippen LogP contribution is -2.14. The summed E-state index contributed by atoms with van der Waals surface area (Å²) < 4.78 is 4.95. The SMILES string of the molecule is COCCNc1ccc(C(=O)Nc2ccc(C)c(Cl)c2)nc1. The third-order valence-corrected chi connectivity index (χ3v) is 3.47. The zero-order chi connectivity index (χ0) is 15.9. The summed E-state index contributed by atoms with van der Waals surface area (Å²) in [6.45, 7) is 3.20. The summed E-state index contributed by atoms with van der Waals surface area (Å²) in [5, 5.41) is 6.52. The maximum atomic E-state index is 12.1. The molecule has 6 heteroatoms. The molecule has 0 fully saturated rings. The molecule has 116 valence electrons. The molecule has 0 spiro atoms. The van der Waals surface area contributed by atoms with Crippen molar-refractivity contribution in [1.82, 2.24) is 4.98 Å². The van der Waals surface area contributed by atoms with Crippen molar-refractivity contribution in [3.63, 3.8) is 0 Å². The first-order valence-corrected chi connectivity index (χ1v) is 7.24. The van der Waals surface area contributed by atoms with E-state index in [-0.39, 0.29) is 5.91 Å². The number of methoxy groups -OCH3 is 1. The highest BCUT2D eigenvalue weighted by molar-refractivity contribution is 6.31. The van der Waals surface area contributed by atoms with E-state index < -0.39 is 0 Å². The lowest BCUT2D eigenvalue weighted by molar-refractivity contribution is 0.102. The fourth-order valence-electron chi connectivity index (χ4n) is 1.80. The molecule has 1 amide bonds. The van der Waals surface area contributed by atoms with Crippen LogP contribution in [-0.2, 0) is 4.74 Å². The molecule has 0 saturated heterocycles. The van der Waals surface area contributed by atoms with E-state index in [2.05, 4.69) is 15.6 Å². The van der Waals surface area contributed by atoms with Gasteiger partial charge in [0.05, 0.1) is 18.5 Å². The number of carbonyl (C=O) groups excluding carboxylic acids is 1. The highest BCUT2D eigenvalue weighted by Gasteiger charge is 2.08. The summed E-state index contributed by atoms with van der Waals surface area (Å²) >= 11 is 6.04. The van der Waals surface area contributed by atoms with E-state index in [4.69, 9.17) is 16.3 Å². The summed E-state index contributed by atoms with van der Waals surface area (Å²) in [6, 6.07) is 8.85. The number of hydrogen-bond donors (Lipinski definition) is 2. The van der Waals surface area contributed by atoms with E-state index in [1.54, 1.807) is 37.6 Å². The minimum absolute atomic E-state index is 0.275. The van der Waals surface area contributed by atoms with Crippen LogP contribution in [0, 0.1) is 6.92 Å². The molecule has 2 N–H and O–H groups in total. The van der Waals surface area contributed by atoms with Crippen molar-refractivity contribution in [3.8, 4) is 0 Å². The molecule has 0 aliphatic rings. The zero-order valence-corrected chi connectivity index (χ0v) is 13.3. The first kappa shape index (κ1) is 16.3. The monoisotopic (exact) mass is 319 g/mol. The maximum Gasteiger partial charge on any atom is 0.274 e. The first-order chi connectivity index (χ1) is 10.6. The zero-order valence-electron chi connectivity index (χ0n) is 12.5. The minimum Gasteiger partial charge on any atom is -0.383 e. The van der Waals surface area contributed by atoms with Gasteiger partial charge in [0.25, 0.3) is 5.91 Å². The molecule has 0 unspecified atom stereocenters. The van der Waals surface area contributed by atoms with E-state index in [1.165, 1.54) is 0 Å². The number of benzene rings is 1. The number of rotatable bonds is 6. The lowest BCUT2D eigenvalue weighted by atomic mass is 10.2. The van der Waals surface area contributed by atoms with Gasteiger partial charge in [0, 0.05) is 24.4 Å². The van der Waals surface area contributed by atoms with Gasteiger partial charge in [-0.2, -0.15) is 0 Å². The van der Waals surface area contributed by atoms with Gasteiger partial charge in [-0.1, -0.05) is 17.7 Å². The third-order valence-electron chi connectivity index (χ3n) is 3.06. The van der Waals surface area contributed by atoms with Crippen LogP contribution in [0.3, 0.4) is 0 Å². The van der Waals surface area contributed by atoms with E-state index >= 15 is 0 Å². The quantitative estimate of drug-likeness (QED) is 0.801. The Labute approximate surface area is 134 Å². The molecule has 2 aromatic rings. The van der Waals surface area contributed by atoms with Crippen molar-refractivity contribution in [3.05, 3.63) is 52.8 Å². The van der Waals surface area contributed by atoms with Crippen LogP contribution in [0.25, 0.3) is 0 Å². The van der Waals surface area contributed by atoms with Crippen LogP contribution in [0.15, 0.2) is 36.5 Å². The van der Waals surface area contributed by atoms with Crippen LogP contribution in [0.5, 0.6) is 0 Å². The Morgan fingerprint density at radius 1 is 1.27 bits per heavy atom. The van der Waals surface area contributed by atoms with Gasteiger partial charge in [0.1, 0.15) is 5.69 Å². The first-order valence-electron chi connectivity index (χ1n) is 6.86. The molecule has 22 heavy (non-hydrogen) atoms. The number of nitrogens with zero attached hydrogens (tertiary/aromatic N) is 1. The Bertz CT molecular complexity index is 644. The van der Waals surface area contributed by atoms with Gasteiger partial charge in [0.15, 0.2) is 0 Å². The minimum atomic E-state index is -0.275. The predicted molar refractivity (Wildman–Crippen MR) is 88.7 cm³/mol. The maximum absolute atomic E-state index is 12.1. The van der Waals surface area contributed by atoms with Crippen molar-refractivity contribution in [2.24, 2.45) is 0 Å².